The van der Waals surface area contributed by atoms with E-state index in [-0.39, 0.29) is 17.5 Å². The zero-order chi connectivity index (χ0) is 13.2. The molecule has 5 heteroatoms. The predicted molar refractivity (Wildman–Crippen MR) is 67.9 cm³/mol. The number of nitrogens with zero attached hydrogens (tertiary/aromatic N) is 2. The first-order valence-electron chi connectivity index (χ1n) is 6.10. The van der Waals surface area contributed by atoms with Crippen molar-refractivity contribution in [3.05, 3.63) is 48.3 Å². The van der Waals surface area contributed by atoms with Crippen molar-refractivity contribution in [3.8, 4) is 11.1 Å². The highest BCUT2D eigenvalue weighted by molar-refractivity contribution is 5.95. The number of halogens is 1. The van der Waals surface area contributed by atoms with Gasteiger partial charge in [-0.25, -0.2) is 14.4 Å². The molecule has 1 N–H and O–H groups in total. The fraction of sp³-hybridized carbons (Fsp3) is 0.214. The first kappa shape index (κ1) is 11.8. The number of hydrogen-bond acceptors (Lipinski definition) is 3. The number of rotatable bonds is 3. The lowest BCUT2D eigenvalue weighted by atomic mass is 10.1. The number of nitrogens with one attached hydrogen (secondary N) is 1. The summed E-state index contributed by atoms with van der Waals surface area (Å²) in [5, 5.41) is 2.77. The molecule has 0 radical (unpaired) electrons. The molecule has 96 valence electrons. The van der Waals surface area contributed by atoms with Gasteiger partial charge in [0.15, 0.2) is 0 Å². The molecular formula is C14H12FN3O. The minimum Gasteiger partial charge on any atom is -0.349 e. The lowest BCUT2D eigenvalue weighted by molar-refractivity contribution is 0.0947. The molecule has 1 aliphatic carbocycles. The van der Waals surface area contributed by atoms with E-state index in [4.69, 9.17) is 0 Å². The number of amides is 1. The van der Waals surface area contributed by atoms with E-state index in [1.807, 2.05) is 0 Å². The van der Waals surface area contributed by atoms with Crippen molar-refractivity contribution >= 4 is 5.91 Å². The maximum atomic E-state index is 14.0. The van der Waals surface area contributed by atoms with Crippen LogP contribution in [0.4, 0.5) is 4.39 Å². The highest BCUT2D eigenvalue weighted by Crippen LogP contribution is 2.22. The molecule has 0 atom stereocenters. The number of carbonyl (C=O) groups excluding carboxylic acids is 1. The van der Waals surface area contributed by atoms with E-state index in [9.17, 15) is 9.18 Å². The highest BCUT2D eigenvalue weighted by atomic mass is 19.1. The molecule has 1 amide bonds. The van der Waals surface area contributed by atoms with E-state index in [0.717, 1.165) is 18.4 Å². The zero-order valence-corrected chi connectivity index (χ0v) is 10.1. The summed E-state index contributed by atoms with van der Waals surface area (Å²) in [6, 6.07) is 4.74. The topological polar surface area (TPSA) is 54.9 Å². The smallest absolute Gasteiger partial charge is 0.254 e. The van der Waals surface area contributed by atoms with Crippen LogP contribution in [0, 0.1) is 5.82 Å². The van der Waals surface area contributed by atoms with Gasteiger partial charge in [0, 0.05) is 24.0 Å². The van der Waals surface area contributed by atoms with Gasteiger partial charge in [-0.3, -0.25) is 4.79 Å². The largest absolute Gasteiger partial charge is 0.349 e. The Labute approximate surface area is 109 Å². The van der Waals surface area contributed by atoms with Crippen LogP contribution in [0.3, 0.4) is 0 Å². The number of carbonyl (C=O) groups is 1. The van der Waals surface area contributed by atoms with Crippen molar-refractivity contribution in [1.29, 1.82) is 0 Å². The average molecular weight is 257 g/mol. The quantitative estimate of drug-likeness (QED) is 0.916. The second kappa shape index (κ2) is 4.76. The maximum absolute atomic E-state index is 14.0. The van der Waals surface area contributed by atoms with E-state index >= 15 is 0 Å². The fourth-order valence-electron chi connectivity index (χ4n) is 1.82. The average Bonchev–Trinajstić information content (AvgIpc) is 3.23. The summed E-state index contributed by atoms with van der Waals surface area (Å²) in [6.07, 6.45) is 6.58. The first-order chi connectivity index (χ1) is 9.24. The summed E-state index contributed by atoms with van der Waals surface area (Å²) in [7, 11) is 0. The molecule has 3 rings (SSSR count). The monoisotopic (exact) mass is 257 g/mol. The van der Waals surface area contributed by atoms with Crippen LogP contribution in [0.2, 0.25) is 0 Å². The van der Waals surface area contributed by atoms with Crippen molar-refractivity contribution in [3.63, 3.8) is 0 Å². The second-order valence-corrected chi connectivity index (χ2v) is 4.57. The molecule has 0 unspecified atom stereocenters. The molecule has 1 heterocycles. The van der Waals surface area contributed by atoms with Gasteiger partial charge in [-0.15, -0.1) is 0 Å². The van der Waals surface area contributed by atoms with Gasteiger partial charge in [0.05, 0.1) is 5.56 Å². The normalized spacial score (nSPS) is 14.2. The van der Waals surface area contributed by atoms with Crippen molar-refractivity contribution in [2.24, 2.45) is 0 Å². The Bertz CT molecular complexity index is 611. The molecule has 0 saturated heterocycles. The molecule has 1 fully saturated rings. The van der Waals surface area contributed by atoms with E-state index in [0.29, 0.717) is 5.56 Å². The molecule has 2 aromatic rings. The minimum atomic E-state index is -0.528. The molecule has 0 aliphatic heterocycles. The standard InChI is InChI=1S/C14H12FN3O/c15-13-5-9(10-6-16-8-17-7-10)1-4-12(13)14(19)18-11-2-3-11/h1,4-8,11H,2-3H2,(H,18,19). The number of hydrogen-bond donors (Lipinski definition) is 1. The van der Waals surface area contributed by atoms with Crippen LogP contribution in [0.1, 0.15) is 23.2 Å². The molecule has 4 nitrogen and oxygen atoms in total. The Hall–Kier alpha value is -2.30. The Morgan fingerprint density at radius 3 is 2.58 bits per heavy atom. The van der Waals surface area contributed by atoms with Gasteiger partial charge in [-0.05, 0) is 30.5 Å². The van der Waals surface area contributed by atoms with Gasteiger partial charge in [0.25, 0.3) is 5.91 Å². The summed E-state index contributed by atoms with van der Waals surface area (Å²) in [5.41, 5.74) is 1.45. The van der Waals surface area contributed by atoms with Gasteiger partial charge in [0.1, 0.15) is 12.1 Å². The Balaban J connectivity index is 1.87. The van der Waals surface area contributed by atoms with E-state index in [2.05, 4.69) is 15.3 Å². The predicted octanol–water partition coefficient (Wildman–Crippen LogP) is 2.17. The second-order valence-electron chi connectivity index (χ2n) is 4.57. The van der Waals surface area contributed by atoms with E-state index < -0.39 is 5.82 Å². The van der Waals surface area contributed by atoms with Crippen LogP contribution >= 0.6 is 0 Å². The lowest BCUT2D eigenvalue weighted by Crippen LogP contribution is -2.26. The van der Waals surface area contributed by atoms with Crippen LogP contribution in [0.15, 0.2) is 36.9 Å². The summed E-state index contributed by atoms with van der Waals surface area (Å²) >= 11 is 0. The van der Waals surface area contributed by atoms with Gasteiger partial charge in [0.2, 0.25) is 0 Å². The maximum Gasteiger partial charge on any atom is 0.254 e. The van der Waals surface area contributed by atoms with Gasteiger partial charge < -0.3 is 5.32 Å². The third kappa shape index (κ3) is 2.59. The molecule has 19 heavy (non-hydrogen) atoms. The molecule has 0 bridgehead atoms. The van der Waals surface area contributed by atoms with Crippen LogP contribution in [-0.4, -0.2) is 21.9 Å². The molecule has 1 aromatic carbocycles. The third-order valence-corrected chi connectivity index (χ3v) is 3.02. The third-order valence-electron chi connectivity index (χ3n) is 3.02. The Kier molecular flexibility index (Phi) is 2.95. The minimum absolute atomic E-state index is 0.0764. The SMILES string of the molecule is O=C(NC1CC1)c1ccc(-c2cncnc2)cc1F. The van der Waals surface area contributed by atoms with Crippen molar-refractivity contribution in [2.45, 2.75) is 18.9 Å². The summed E-state index contributed by atoms with van der Waals surface area (Å²) < 4.78 is 14.0. The number of aromatic nitrogens is 2. The highest BCUT2D eigenvalue weighted by Gasteiger charge is 2.25. The summed E-state index contributed by atoms with van der Waals surface area (Å²) in [4.78, 5) is 19.6. The van der Waals surface area contributed by atoms with Gasteiger partial charge >= 0.3 is 0 Å². The van der Waals surface area contributed by atoms with Crippen molar-refractivity contribution in [2.75, 3.05) is 0 Å². The van der Waals surface area contributed by atoms with E-state index in [1.54, 1.807) is 18.5 Å². The first-order valence-corrected chi connectivity index (χ1v) is 6.10. The summed E-state index contributed by atoms with van der Waals surface area (Å²) in [6.45, 7) is 0. The lowest BCUT2D eigenvalue weighted by Gasteiger charge is -2.06. The molecular weight excluding hydrogens is 245 g/mol. The molecule has 1 aliphatic rings. The van der Waals surface area contributed by atoms with Gasteiger partial charge in [-0.2, -0.15) is 0 Å². The van der Waals surface area contributed by atoms with Crippen molar-refractivity contribution in [1.82, 2.24) is 15.3 Å². The van der Waals surface area contributed by atoms with Crippen LogP contribution < -0.4 is 5.32 Å². The van der Waals surface area contributed by atoms with Gasteiger partial charge in [-0.1, -0.05) is 6.07 Å². The molecule has 0 spiro atoms. The number of benzene rings is 1. The Morgan fingerprint density at radius 2 is 1.95 bits per heavy atom. The fourth-order valence-corrected chi connectivity index (χ4v) is 1.82. The molecule has 1 saturated carbocycles. The Morgan fingerprint density at radius 1 is 1.21 bits per heavy atom. The zero-order valence-electron chi connectivity index (χ0n) is 10.1. The molecule has 1 aromatic heterocycles. The van der Waals surface area contributed by atoms with Crippen LogP contribution in [-0.2, 0) is 0 Å². The van der Waals surface area contributed by atoms with Crippen molar-refractivity contribution < 1.29 is 9.18 Å². The van der Waals surface area contributed by atoms with Crippen LogP contribution in [0.25, 0.3) is 11.1 Å². The van der Waals surface area contributed by atoms with E-state index in [1.165, 1.54) is 18.5 Å². The van der Waals surface area contributed by atoms with Crippen LogP contribution in [0.5, 0.6) is 0 Å². The summed E-state index contributed by atoms with van der Waals surface area (Å²) in [5.74, 6) is -0.879.